The van der Waals surface area contributed by atoms with Crippen LogP contribution in [0.2, 0.25) is 0 Å². The number of hydrogen-bond acceptors (Lipinski definition) is 3. The zero-order valence-electron chi connectivity index (χ0n) is 11.2. The zero-order chi connectivity index (χ0) is 13.2. The van der Waals surface area contributed by atoms with Gasteiger partial charge in [0.1, 0.15) is 0 Å². The fourth-order valence-corrected chi connectivity index (χ4v) is 3.86. The van der Waals surface area contributed by atoms with Crippen LogP contribution >= 0.6 is 27.3 Å². The molecule has 108 valence electrons. The molecule has 5 heteroatoms. The minimum Gasteiger partial charge on any atom is -1.00 e. The summed E-state index contributed by atoms with van der Waals surface area (Å²) >= 11 is 5.29. The van der Waals surface area contributed by atoms with Crippen LogP contribution in [0.4, 0.5) is 0 Å². The van der Waals surface area contributed by atoms with Crippen LogP contribution < -0.4 is 17.0 Å². The van der Waals surface area contributed by atoms with Gasteiger partial charge in [-0.2, -0.15) is 0 Å². The van der Waals surface area contributed by atoms with E-state index in [9.17, 15) is 0 Å². The molecular weight excluding hydrogens is 402 g/mol. The number of nitrogens with zero attached hydrogens (tertiary/aromatic N) is 1. The van der Waals surface area contributed by atoms with E-state index >= 15 is 0 Å². The second-order valence-corrected chi connectivity index (χ2v) is 6.79. The SMILES string of the molecule is CC1CC(c2nc(-c3cccc(Br)c3)cs2)CCO1.[Br-]. The molecule has 2 atom stereocenters. The summed E-state index contributed by atoms with van der Waals surface area (Å²) in [6, 6.07) is 8.31. The Morgan fingerprint density at radius 1 is 1.40 bits per heavy atom. The van der Waals surface area contributed by atoms with Gasteiger partial charge >= 0.3 is 0 Å². The predicted octanol–water partition coefficient (Wildman–Crippen LogP) is 1.86. The van der Waals surface area contributed by atoms with Crippen LogP contribution in [0.15, 0.2) is 34.1 Å². The minimum absolute atomic E-state index is 0. The molecule has 0 bridgehead atoms. The third kappa shape index (κ3) is 3.70. The lowest BCUT2D eigenvalue weighted by Gasteiger charge is -2.25. The van der Waals surface area contributed by atoms with Crippen molar-refractivity contribution in [2.45, 2.75) is 31.8 Å². The summed E-state index contributed by atoms with van der Waals surface area (Å²) in [6.45, 7) is 3.01. The molecule has 2 nitrogen and oxygen atoms in total. The van der Waals surface area contributed by atoms with E-state index < -0.39 is 0 Å². The summed E-state index contributed by atoms with van der Waals surface area (Å²) < 4.78 is 6.70. The van der Waals surface area contributed by atoms with Crippen molar-refractivity contribution in [3.8, 4) is 11.3 Å². The normalized spacial score (nSPS) is 22.3. The van der Waals surface area contributed by atoms with Gasteiger partial charge in [-0.15, -0.1) is 11.3 Å². The highest BCUT2D eigenvalue weighted by molar-refractivity contribution is 9.10. The highest BCUT2D eigenvalue weighted by atomic mass is 79.9. The van der Waals surface area contributed by atoms with Gasteiger partial charge in [0.05, 0.1) is 16.8 Å². The Hall–Kier alpha value is -0.230. The molecule has 1 saturated heterocycles. The Balaban J connectivity index is 0.00000147. The van der Waals surface area contributed by atoms with Gasteiger partial charge in [0, 0.05) is 27.9 Å². The van der Waals surface area contributed by atoms with Crippen molar-refractivity contribution in [2.24, 2.45) is 0 Å². The molecule has 0 radical (unpaired) electrons. The lowest BCUT2D eigenvalue weighted by atomic mass is 9.97. The number of hydrogen-bond donors (Lipinski definition) is 0. The summed E-state index contributed by atoms with van der Waals surface area (Å²) in [5.74, 6) is 0.564. The van der Waals surface area contributed by atoms with Crippen LogP contribution in [0.25, 0.3) is 11.3 Å². The number of thiazole rings is 1. The van der Waals surface area contributed by atoms with Gasteiger partial charge < -0.3 is 21.7 Å². The Kier molecular flexibility index (Phi) is 5.78. The molecular formula is C15H16Br2NOS-. The third-order valence-corrected chi connectivity index (χ3v) is 4.98. The smallest absolute Gasteiger partial charge is 0.0965 e. The number of aromatic nitrogens is 1. The monoisotopic (exact) mass is 416 g/mol. The zero-order valence-corrected chi connectivity index (χ0v) is 15.2. The van der Waals surface area contributed by atoms with Crippen LogP contribution in [0, 0.1) is 0 Å². The second kappa shape index (κ2) is 7.16. The van der Waals surface area contributed by atoms with Gasteiger partial charge in [-0.25, -0.2) is 4.98 Å². The van der Waals surface area contributed by atoms with Crippen molar-refractivity contribution in [1.29, 1.82) is 0 Å². The van der Waals surface area contributed by atoms with E-state index in [4.69, 9.17) is 9.72 Å². The van der Waals surface area contributed by atoms with Crippen molar-refractivity contribution < 1.29 is 21.7 Å². The standard InChI is InChI=1S/C15H16BrNOS.BrH/c1-10-7-12(5-6-18-10)15-17-14(9-19-15)11-3-2-4-13(16)8-11;/h2-4,8-10,12H,5-7H2,1H3;1H/p-1. The molecule has 1 aromatic heterocycles. The predicted molar refractivity (Wildman–Crippen MR) is 82.6 cm³/mol. The van der Waals surface area contributed by atoms with Gasteiger partial charge in [0.15, 0.2) is 0 Å². The summed E-state index contributed by atoms with van der Waals surface area (Å²) in [7, 11) is 0. The highest BCUT2D eigenvalue weighted by Gasteiger charge is 2.23. The maximum Gasteiger partial charge on any atom is 0.0965 e. The summed E-state index contributed by atoms with van der Waals surface area (Å²) in [4.78, 5) is 4.82. The molecule has 1 fully saturated rings. The second-order valence-electron chi connectivity index (χ2n) is 4.98. The van der Waals surface area contributed by atoms with Gasteiger partial charge in [-0.3, -0.25) is 0 Å². The van der Waals surface area contributed by atoms with Crippen molar-refractivity contribution in [2.75, 3.05) is 6.61 Å². The first-order valence-corrected chi connectivity index (χ1v) is 8.22. The fourth-order valence-electron chi connectivity index (χ4n) is 2.48. The molecule has 0 aliphatic carbocycles. The molecule has 0 amide bonds. The molecule has 1 aliphatic rings. The van der Waals surface area contributed by atoms with Crippen LogP contribution in [0.1, 0.15) is 30.7 Å². The maximum absolute atomic E-state index is 5.61. The Morgan fingerprint density at radius 2 is 2.25 bits per heavy atom. The van der Waals surface area contributed by atoms with E-state index in [0.29, 0.717) is 12.0 Å². The van der Waals surface area contributed by atoms with Crippen molar-refractivity contribution in [1.82, 2.24) is 4.98 Å². The quantitative estimate of drug-likeness (QED) is 0.743. The van der Waals surface area contributed by atoms with Gasteiger partial charge in [0.2, 0.25) is 0 Å². The fraction of sp³-hybridized carbons (Fsp3) is 0.400. The van der Waals surface area contributed by atoms with Crippen molar-refractivity contribution in [3.63, 3.8) is 0 Å². The molecule has 2 aromatic rings. The van der Waals surface area contributed by atoms with Crippen LogP contribution in [0.5, 0.6) is 0 Å². The minimum atomic E-state index is 0. The van der Waals surface area contributed by atoms with Gasteiger partial charge in [-0.1, -0.05) is 28.1 Å². The third-order valence-electron chi connectivity index (χ3n) is 3.48. The van der Waals surface area contributed by atoms with Crippen LogP contribution in [-0.4, -0.2) is 17.7 Å². The van der Waals surface area contributed by atoms with E-state index in [0.717, 1.165) is 29.6 Å². The number of rotatable bonds is 2. The van der Waals surface area contributed by atoms with Crippen molar-refractivity contribution in [3.05, 3.63) is 39.1 Å². The van der Waals surface area contributed by atoms with Crippen LogP contribution in [-0.2, 0) is 4.74 Å². The molecule has 0 spiro atoms. The first-order chi connectivity index (χ1) is 9.22. The van der Waals surface area contributed by atoms with E-state index in [2.05, 4.69) is 46.4 Å². The number of halogens is 2. The molecule has 0 N–H and O–H groups in total. The summed E-state index contributed by atoms with van der Waals surface area (Å²) in [6.07, 6.45) is 2.54. The lowest BCUT2D eigenvalue weighted by Crippen LogP contribution is -3.00. The highest BCUT2D eigenvalue weighted by Crippen LogP contribution is 2.34. The molecule has 2 unspecified atom stereocenters. The number of ether oxygens (including phenoxy) is 1. The van der Waals surface area contributed by atoms with E-state index in [-0.39, 0.29) is 17.0 Å². The Labute approximate surface area is 142 Å². The largest absolute Gasteiger partial charge is 1.00 e. The van der Waals surface area contributed by atoms with Gasteiger partial charge in [-0.05, 0) is 31.9 Å². The summed E-state index contributed by atoms with van der Waals surface area (Å²) in [5, 5.41) is 3.42. The first kappa shape index (κ1) is 16.1. The van der Waals surface area contributed by atoms with Gasteiger partial charge in [0.25, 0.3) is 0 Å². The topological polar surface area (TPSA) is 22.1 Å². The van der Waals surface area contributed by atoms with E-state index in [1.807, 2.05) is 6.07 Å². The molecule has 20 heavy (non-hydrogen) atoms. The lowest BCUT2D eigenvalue weighted by molar-refractivity contribution is -0.0000133. The first-order valence-electron chi connectivity index (χ1n) is 6.55. The van der Waals surface area contributed by atoms with E-state index in [1.54, 1.807) is 11.3 Å². The molecule has 3 rings (SSSR count). The summed E-state index contributed by atoms with van der Waals surface area (Å²) in [5.41, 5.74) is 2.26. The molecule has 1 aliphatic heterocycles. The van der Waals surface area contributed by atoms with E-state index in [1.165, 1.54) is 10.6 Å². The number of benzene rings is 1. The average molecular weight is 418 g/mol. The Bertz CT molecular complexity index is 573. The van der Waals surface area contributed by atoms with Crippen molar-refractivity contribution >= 4 is 27.3 Å². The molecule has 1 aromatic carbocycles. The average Bonchev–Trinajstić information content (AvgIpc) is 2.88. The molecule has 0 saturated carbocycles. The Morgan fingerprint density at radius 3 is 3.00 bits per heavy atom. The molecule has 2 heterocycles. The van der Waals surface area contributed by atoms with Crippen LogP contribution in [0.3, 0.4) is 0 Å². The maximum atomic E-state index is 5.61.